The highest BCUT2D eigenvalue weighted by molar-refractivity contribution is 9.10. The summed E-state index contributed by atoms with van der Waals surface area (Å²) in [6.45, 7) is 2.90. The standard InChI is InChI=1S/2C7H7BrN2O.C4H6O4/c2*1-5(11)10-7-3-2-6(8)4-9-7;5-3(6)1-2-4(7)8/h2*2-4H,1H3,(H,9,10,11);1-2H2,(H,5,6)(H,7,8). The Morgan fingerprint density at radius 1 is 0.767 bits per heavy atom. The number of anilines is 2. The monoisotopic (exact) mass is 546 g/mol. The molecule has 0 unspecified atom stereocenters. The summed E-state index contributed by atoms with van der Waals surface area (Å²) in [5.41, 5.74) is 0. The third-order valence-corrected chi connectivity index (χ3v) is 3.55. The van der Waals surface area contributed by atoms with Gasteiger partial charge in [-0.3, -0.25) is 19.2 Å². The van der Waals surface area contributed by atoms with Crippen LogP contribution in [0.4, 0.5) is 11.6 Å². The zero-order chi connectivity index (χ0) is 23.1. The van der Waals surface area contributed by atoms with Crippen molar-refractivity contribution in [1.29, 1.82) is 0 Å². The highest BCUT2D eigenvalue weighted by atomic mass is 79.9. The van der Waals surface area contributed by atoms with Gasteiger partial charge in [0.2, 0.25) is 11.8 Å². The van der Waals surface area contributed by atoms with Gasteiger partial charge in [0.05, 0.1) is 12.8 Å². The summed E-state index contributed by atoms with van der Waals surface area (Å²) < 4.78 is 1.79. The zero-order valence-corrected chi connectivity index (χ0v) is 19.2. The Balaban J connectivity index is 0.000000428. The second-order valence-corrected chi connectivity index (χ2v) is 7.20. The molecule has 0 atom stereocenters. The van der Waals surface area contributed by atoms with Crippen LogP contribution < -0.4 is 10.6 Å². The summed E-state index contributed by atoms with van der Waals surface area (Å²) in [4.78, 5) is 48.2. The van der Waals surface area contributed by atoms with Crippen molar-refractivity contribution in [3.8, 4) is 0 Å². The molecule has 0 aliphatic rings. The molecule has 30 heavy (non-hydrogen) atoms. The molecule has 0 saturated heterocycles. The van der Waals surface area contributed by atoms with Crippen molar-refractivity contribution >= 4 is 67.2 Å². The van der Waals surface area contributed by atoms with Crippen LogP contribution in [0.2, 0.25) is 0 Å². The fourth-order valence-electron chi connectivity index (χ4n) is 1.47. The fraction of sp³-hybridized carbons (Fsp3) is 0.222. The Morgan fingerprint density at radius 3 is 1.30 bits per heavy atom. The van der Waals surface area contributed by atoms with E-state index in [1.807, 2.05) is 12.1 Å². The van der Waals surface area contributed by atoms with E-state index in [-0.39, 0.29) is 24.7 Å². The summed E-state index contributed by atoms with van der Waals surface area (Å²) >= 11 is 6.47. The smallest absolute Gasteiger partial charge is 0.303 e. The van der Waals surface area contributed by atoms with Gasteiger partial charge in [0.25, 0.3) is 0 Å². The lowest BCUT2D eigenvalue weighted by Gasteiger charge is -1.98. The molecular weight excluding hydrogens is 528 g/mol. The summed E-state index contributed by atoms with van der Waals surface area (Å²) in [6.07, 6.45) is 2.67. The highest BCUT2D eigenvalue weighted by Crippen LogP contribution is 2.10. The summed E-state index contributed by atoms with van der Waals surface area (Å²) in [5.74, 6) is -1.24. The van der Waals surface area contributed by atoms with Gasteiger partial charge in [0.15, 0.2) is 0 Å². The first-order valence-electron chi connectivity index (χ1n) is 8.21. The van der Waals surface area contributed by atoms with Crippen LogP contribution in [0.25, 0.3) is 0 Å². The van der Waals surface area contributed by atoms with Gasteiger partial charge in [0.1, 0.15) is 11.6 Å². The third kappa shape index (κ3) is 16.1. The first kappa shape index (κ1) is 27.1. The van der Waals surface area contributed by atoms with Gasteiger partial charge in [-0.1, -0.05) is 0 Å². The Labute approximate surface area is 189 Å². The molecule has 0 aliphatic heterocycles. The number of pyridine rings is 2. The number of aliphatic carboxylic acids is 2. The summed E-state index contributed by atoms with van der Waals surface area (Å²) in [5, 5.41) is 20.9. The number of rotatable bonds is 5. The molecule has 2 heterocycles. The zero-order valence-electron chi connectivity index (χ0n) is 16.1. The van der Waals surface area contributed by atoms with Crippen LogP contribution in [-0.4, -0.2) is 43.9 Å². The molecule has 0 bridgehead atoms. The van der Waals surface area contributed by atoms with Crippen LogP contribution in [0.15, 0.2) is 45.6 Å². The molecule has 10 nitrogen and oxygen atoms in total. The van der Waals surface area contributed by atoms with E-state index in [1.165, 1.54) is 13.8 Å². The predicted octanol–water partition coefficient (Wildman–Crippen LogP) is 3.54. The lowest BCUT2D eigenvalue weighted by atomic mass is 10.3. The third-order valence-electron chi connectivity index (χ3n) is 2.62. The van der Waals surface area contributed by atoms with Crippen LogP contribution in [0.1, 0.15) is 26.7 Å². The number of hydrogen-bond acceptors (Lipinski definition) is 6. The van der Waals surface area contributed by atoms with Crippen LogP contribution in [0, 0.1) is 0 Å². The lowest BCUT2D eigenvalue weighted by molar-refractivity contribution is -0.143. The van der Waals surface area contributed by atoms with Crippen molar-refractivity contribution in [2.24, 2.45) is 0 Å². The molecule has 12 heteroatoms. The largest absolute Gasteiger partial charge is 0.481 e. The molecule has 2 aromatic heterocycles. The summed E-state index contributed by atoms with van der Waals surface area (Å²) in [7, 11) is 0. The topological polar surface area (TPSA) is 159 Å². The first-order valence-corrected chi connectivity index (χ1v) is 9.80. The number of nitrogens with one attached hydrogen (secondary N) is 2. The number of halogens is 2. The number of nitrogens with zero attached hydrogens (tertiary/aromatic N) is 2. The molecule has 0 aromatic carbocycles. The maximum Gasteiger partial charge on any atom is 0.303 e. The van der Waals surface area contributed by atoms with Crippen LogP contribution in [0.3, 0.4) is 0 Å². The second-order valence-electron chi connectivity index (χ2n) is 5.37. The number of hydrogen-bond donors (Lipinski definition) is 4. The Morgan fingerprint density at radius 2 is 1.10 bits per heavy atom. The minimum atomic E-state index is -1.08. The van der Waals surface area contributed by atoms with Crippen molar-refractivity contribution < 1.29 is 29.4 Å². The average molecular weight is 548 g/mol. The minimum Gasteiger partial charge on any atom is -0.481 e. The Bertz CT molecular complexity index is 773. The van der Waals surface area contributed by atoms with Crippen LogP contribution in [0.5, 0.6) is 0 Å². The Kier molecular flexibility index (Phi) is 13.6. The minimum absolute atomic E-state index is 0.111. The molecular formula is C18H20Br2N4O6. The molecule has 2 aromatic rings. The maximum absolute atomic E-state index is 10.5. The molecule has 0 fully saturated rings. The molecule has 0 saturated carbocycles. The van der Waals surface area contributed by atoms with Crippen LogP contribution >= 0.6 is 31.9 Å². The van der Waals surface area contributed by atoms with Gasteiger partial charge in [-0.2, -0.15) is 0 Å². The summed E-state index contributed by atoms with van der Waals surface area (Å²) in [6, 6.07) is 7.09. The van der Waals surface area contributed by atoms with E-state index in [0.29, 0.717) is 11.6 Å². The fourth-order valence-corrected chi connectivity index (χ4v) is 1.94. The van der Waals surface area contributed by atoms with Crippen molar-refractivity contribution in [3.05, 3.63) is 45.6 Å². The van der Waals surface area contributed by atoms with Crippen LogP contribution in [-0.2, 0) is 19.2 Å². The quantitative estimate of drug-likeness (QED) is 0.442. The van der Waals surface area contributed by atoms with E-state index in [2.05, 4.69) is 52.5 Å². The van der Waals surface area contributed by atoms with Crippen molar-refractivity contribution in [2.75, 3.05) is 10.6 Å². The normalized spacial score (nSPS) is 9.07. The predicted molar refractivity (Wildman–Crippen MR) is 117 cm³/mol. The van der Waals surface area contributed by atoms with Gasteiger partial charge >= 0.3 is 11.9 Å². The molecule has 0 spiro atoms. The molecule has 4 N–H and O–H groups in total. The van der Waals surface area contributed by atoms with Crippen molar-refractivity contribution in [1.82, 2.24) is 9.97 Å². The van der Waals surface area contributed by atoms with Gasteiger partial charge in [-0.25, -0.2) is 9.97 Å². The van der Waals surface area contributed by atoms with E-state index in [4.69, 9.17) is 10.2 Å². The lowest BCUT2D eigenvalue weighted by Crippen LogP contribution is -2.06. The SMILES string of the molecule is CC(=O)Nc1ccc(Br)cn1.CC(=O)Nc1ccc(Br)cn1.O=C(O)CCC(=O)O. The highest BCUT2D eigenvalue weighted by Gasteiger charge is 2.00. The molecule has 162 valence electrons. The molecule has 0 aliphatic carbocycles. The molecule has 0 radical (unpaired) electrons. The first-order chi connectivity index (χ1) is 14.0. The number of carboxylic acids is 2. The molecule has 2 amide bonds. The number of carboxylic acid groups (broad SMARTS) is 2. The van der Waals surface area contributed by atoms with E-state index in [9.17, 15) is 19.2 Å². The van der Waals surface area contributed by atoms with E-state index in [1.54, 1.807) is 24.5 Å². The van der Waals surface area contributed by atoms with Crippen molar-refractivity contribution in [2.45, 2.75) is 26.7 Å². The van der Waals surface area contributed by atoms with Gasteiger partial charge in [0, 0.05) is 35.2 Å². The number of carbonyl (C=O) groups is 4. The van der Waals surface area contributed by atoms with Crippen molar-refractivity contribution in [3.63, 3.8) is 0 Å². The van der Waals surface area contributed by atoms with E-state index in [0.717, 1.165) is 8.95 Å². The van der Waals surface area contributed by atoms with Gasteiger partial charge in [-0.15, -0.1) is 0 Å². The van der Waals surface area contributed by atoms with Gasteiger partial charge < -0.3 is 20.8 Å². The number of amides is 2. The van der Waals surface area contributed by atoms with Gasteiger partial charge in [-0.05, 0) is 56.1 Å². The number of carbonyl (C=O) groups excluding carboxylic acids is 2. The number of aromatic nitrogens is 2. The van der Waals surface area contributed by atoms with E-state index < -0.39 is 11.9 Å². The van der Waals surface area contributed by atoms with E-state index >= 15 is 0 Å². The molecule has 2 rings (SSSR count). The maximum atomic E-state index is 10.5. The average Bonchev–Trinajstić information content (AvgIpc) is 2.64. The second kappa shape index (κ2) is 15.0. The Hall–Kier alpha value is -2.86.